The van der Waals surface area contributed by atoms with Crippen LogP contribution in [0.25, 0.3) is 0 Å². The van der Waals surface area contributed by atoms with Gasteiger partial charge in [-0.2, -0.15) is 0 Å². The number of nitrogens with zero attached hydrogens (tertiary/aromatic N) is 1. The molecule has 1 aromatic rings. The highest BCUT2D eigenvalue weighted by Crippen LogP contribution is 2.19. The van der Waals surface area contributed by atoms with Crippen LogP contribution in [0.15, 0.2) is 24.3 Å². The van der Waals surface area contributed by atoms with Gasteiger partial charge in [0.2, 0.25) is 0 Å². The molecule has 0 aliphatic rings. The third-order valence-electron chi connectivity index (χ3n) is 2.47. The van der Waals surface area contributed by atoms with Crippen LogP contribution in [0.3, 0.4) is 0 Å². The molecule has 96 valence electrons. The molecular formula is C12H17F2NO2. The summed E-state index contributed by atoms with van der Waals surface area (Å²) < 4.78 is 24.7. The molecule has 0 aromatic heterocycles. The minimum Gasteiger partial charge on any atom is -0.395 e. The number of halogens is 2. The second-order valence-electron chi connectivity index (χ2n) is 3.83. The maximum absolute atomic E-state index is 12.3. The van der Waals surface area contributed by atoms with Crippen molar-refractivity contribution in [2.75, 3.05) is 24.6 Å². The van der Waals surface area contributed by atoms with Crippen molar-refractivity contribution in [3.63, 3.8) is 0 Å². The molecule has 0 radical (unpaired) electrons. The first-order chi connectivity index (χ1) is 8.04. The molecule has 1 rings (SSSR count). The number of rotatable bonds is 6. The van der Waals surface area contributed by atoms with Gasteiger partial charge in [-0.1, -0.05) is 12.1 Å². The lowest BCUT2D eigenvalue weighted by atomic mass is 10.1. The smallest absolute Gasteiger partial charge is 0.255 e. The van der Waals surface area contributed by atoms with Crippen molar-refractivity contribution in [2.24, 2.45) is 0 Å². The minimum atomic E-state index is -2.45. The van der Waals surface area contributed by atoms with Crippen LogP contribution in [0, 0.1) is 0 Å². The zero-order valence-electron chi connectivity index (χ0n) is 9.68. The summed E-state index contributed by atoms with van der Waals surface area (Å²) in [5.41, 5.74) is 1.35. The Hall–Kier alpha value is -1.20. The lowest BCUT2D eigenvalue weighted by Gasteiger charge is -2.23. The molecule has 0 spiro atoms. The van der Waals surface area contributed by atoms with E-state index in [0.29, 0.717) is 5.69 Å². The number of hydrogen-bond donors (Lipinski definition) is 2. The normalized spacial score (nSPS) is 12.8. The molecule has 1 atom stereocenters. The SMILES string of the molecule is CC(O)c1ccc(N(CCO)CC(F)F)cc1. The summed E-state index contributed by atoms with van der Waals surface area (Å²) in [7, 11) is 0. The van der Waals surface area contributed by atoms with E-state index in [1.807, 2.05) is 0 Å². The molecule has 1 unspecified atom stereocenters. The summed E-state index contributed by atoms with van der Waals surface area (Å²) in [6, 6.07) is 6.71. The van der Waals surface area contributed by atoms with E-state index in [1.165, 1.54) is 4.90 Å². The van der Waals surface area contributed by atoms with E-state index in [4.69, 9.17) is 5.11 Å². The van der Waals surface area contributed by atoms with Gasteiger partial charge in [0.05, 0.1) is 19.3 Å². The second kappa shape index (κ2) is 6.51. The lowest BCUT2D eigenvalue weighted by molar-refractivity contribution is 0.153. The van der Waals surface area contributed by atoms with Crippen molar-refractivity contribution >= 4 is 5.69 Å². The molecule has 0 fully saturated rings. The van der Waals surface area contributed by atoms with Gasteiger partial charge in [0.1, 0.15) is 0 Å². The fourth-order valence-electron chi connectivity index (χ4n) is 1.58. The summed E-state index contributed by atoms with van der Waals surface area (Å²) >= 11 is 0. The molecule has 0 bridgehead atoms. The molecular weight excluding hydrogens is 228 g/mol. The minimum absolute atomic E-state index is 0.165. The number of alkyl halides is 2. The molecule has 0 aliphatic heterocycles. The molecule has 0 saturated heterocycles. The van der Waals surface area contributed by atoms with Gasteiger partial charge in [0.15, 0.2) is 0 Å². The first-order valence-electron chi connectivity index (χ1n) is 5.46. The fraction of sp³-hybridized carbons (Fsp3) is 0.500. The fourth-order valence-corrected chi connectivity index (χ4v) is 1.58. The highest BCUT2D eigenvalue weighted by atomic mass is 19.3. The van der Waals surface area contributed by atoms with Crippen LogP contribution in [0.5, 0.6) is 0 Å². The van der Waals surface area contributed by atoms with Crippen molar-refractivity contribution in [1.29, 1.82) is 0 Å². The van der Waals surface area contributed by atoms with Gasteiger partial charge < -0.3 is 15.1 Å². The Morgan fingerprint density at radius 2 is 1.82 bits per heavy atom. The predicted octanol–water partition coefficient (Wildman–Crippen LogP) is 1.80. The van der Waals surface area contributed by atoms with Gasteiger partial charge in [0, 0.05) is 12.2 Å². The largest absolute Gasteiger partial charge is 0.395 e. The van der Waals surface area contributed by atoms with E-state index in [9.17, 15) is 13.9 Å². The van der Waals surface area contributed by atoms with E-state index < -0.39 is 19.1 Å². The Morgan fingerprint density at radius 1 is 1.24 bits per heavy atom. The van der Waals surface area contributed by atoms with Crippen molar-refractivity contribution in [3.05, 3.63) is 29.8 Å². The second-order valence-corrected chi connectivity index (χ2v) is 3.83. The van der Waals surface area contributed by atoms with E-state index in [2.05, 4.69) is 0 Å². The molecule has 3 nitrogen and oxygen atoms in total. The van der Waals surface area contributed by atoms with Gasteiger partial charge in [-0.05, 0) is 24.6 Å². The first-order valence-corrected chi connectivity index (χ1v) is 5.46. The van der Waals surface area contributed by atoms with Crippen LogP contribution in [0.2, 0.25) is 0 Å². The van der Waals surface area contributed by atoms with Crippen molar-refractivity contribution in [1.82, 2.24) is 0 Å². The third-order valence-corrected chi connectivity index (χ3v) is 2.47. The summed E-state index contributed by atoms with van der Waals surface area (Å²) in [4.78, 5) is 1.41. The zero-order valence-corrected chi connectivity index (χ0v) is 9.68. The van der Waals surface area contributed by atoms with Gasteiger partial charge >= 0.3 is 0 Å². The molecule has 0 saturated carbocycles. The quantitative estimate of drug-likeness (QED) is 0.803. The van der Waals surface area contributed by atoms with Gasteiger partial charge in [-0.25, -0.2) is 8.78 Å². The monoisotopic (exact) mass is 245 g/mol. The molecule has 1 aromatic carbocycles. The Labute approximate surface area is 99.3 Å². The standard InChI is InChI=1S/C12H17F2NO2/c1-9(17)10-2-4-11(5-3-10)15(6-7-16)8-12(13)14/h2-5,9,12,16-17H,6-8H2,1H3. The number of hydrogen-bond acceptors (Lipinski definition) is 3. The number of anilines is 1. The van der Waals surface area contributed by atoms with E-state index in [1.54, 1.807) is 31.2 Å². The average molecular weight is 245 g/mol. The topological polar surface area (TPSA) is 43.7 Å². The van der Waals surface area contributed by atoms with Crippen molar-refractivity contribution in [3.8, 4) is 0 Å². The van der Waals surface area contributed by atoms with Crippen molar-refractivity contribution in [2.45, 2.75) is 19.5 Å². The van der Waals surface area contributed by atoms with Crippen LogP contribution < -0.4 is 4.90 Å². The summed E-state index contributed by atoms with van der Waals surface area (Å²) in [6.45, 7) is 1.22. The molecule has 2 N–H and O–H groups in total. The van der Waals surface area contributed by atoms with Crippen LogP contribution in [0.4, 0.5) is 14.5 Å². The van der Waals surface area contributed by atoms with Crippen LogP contribution >= 0.6 is 0 Å². The molecule has 0 amide bonds. The van der Waals surface area contributed by atoms with E-state index in [0.717, 1.165) is 5.56 Å². The van der Waals surface area contributed by atoms with E-state index >= 15 is 0 Å². The van der Waals surface area contributed by atoms with Crippen LogP contribution in [-0.4, -0.2) is 36.3 Å². The van der Waals surface area contributed by atoms with Crippen molar-refractivity contribution < 1.29 is 19.0 Å². The predicted molar refractivity (Wildman–Crippen MR) is 62.4 cm³/mol. The Kier molecular flexibility index (Phi) is 5.31. The molecule has 0 heterocycles. The lowest BCUT2D eigenvalue weighted by Crippen LogP contribution is -2.31. The maximum Gasteiger partial charge on any atom is 0.255 e. The summed E-state index contributed by atoms with van der Waals surface area (Å²) in [6.07, 6.45) is -3.02. The number of aliphatic hydroxyl groups excluding tert-OH is 2. The van der Waals surface area contributed by atoms with Gasteiger partial charge in [-0.15, -0.1) is 0 Å². The molecule has 5 heteroatoms. The van der Waals surface area contributed by atoms with Gasteiger partial charge in [0.25, 0.3) is 6.43 Å². The van der Waals surface area contributed by atoms with Gasteiger partial charge in [-0.3, -0.25) is 0 Å². The summed E-state index contributed by atoms with van der Waals surface area (Å²) in [5.74, 6) is 0. The Bertz CT molecular complexity index is 328. The number of benzene rings is 1. The third kappa shape index (κ3) is 4.28. The number of aliphatic hydroxyl groups is 2. The highest BCUT2D eigenvalue weighted by Gasteiger charge is 2.12. The average Bonchev–Trinajstić information content (AvgIpc) is 2.28. The maximum atomic E-state index is 12.3. The zero-order chi connectivity index (χ0) is 12.8. The van der Waals surface area contributed by atoms with E-state index in [-0.39, 0.29) is 13.2 Å². The van der Waals surface area contributed by atoms with Crippen LogP contribution in [-0.2, 0) is 0 Å². The van der Waals surface area contributed by atoms with Crippen LogP contribution in [0.1, 0.15) is 18.6 Å². The Balaban J connectivity index is 2.79. The highest BCUT2D eigenvalue weighted by molar-refractivity contribution is 5.48. The molecule has 0 aliphatic carbocycles. The summed E-state index contributed by atoms with van der Waals surface area (Å²) in [5, 5.41) is 18.2. The molecule has 17 heavy (non-hydrogen) atoms. The Morgan fingerprint density at radius 3 is 2.24 bits per heavy atom. The first kappa shape index (κ1) is 13.9.